The first-order valence-electron chi connectivity index (χ1n) is 5.84. The molecule has 0 atom stereocenters. The fraction of sp³-hybridized carbons (Fsp3) is 0.188. The lowest BCUT2D eigenvalue weighted by Gasteiger charge is -2.08. The topological polar surface area (TPSA) is 9.23 Å². The summed E-state index contributed by atoms with van der Waals surface area (Å²) in [4.78, 5) is 0. The molecule has 1 radical (unpaired) electrons. The number of hydrogen-bond acceptors (Lipinski definition) is 1. The van der Waals surface area contributed by atoms with Crippen LogP contribution in [-0.2, 0) is 11.2 Å². The van der Waals surface area contributed by atoms with Gasteiger partial charge in [-0.25, -0.2) is 0 Å². The maximum absolute atomic E-state index is 5.10. The minimum absolute atomic E-state index is 0.659. The van der Waals surface area contributed by atoms with Crippen LogP contribution in [0.5, 0.6) is 0 Å². The van der Waals surface area contributed by atoms with Crippen molar-refractivity contribution in [2.45, 2.75) is 6.42 Å². The van der Waals surface area contributed by atoms with Gasteiger partial charge in [-0.1, -0.05) is 54.6 Å². The zero-order valence-corrected chi connectivity index (χ0v) is 10.1. The van der Waals surface area contributed by atoms with Crippen LogP contribution in [0.2, 0.25) is 0 Å². The highest BCUT2D eigenvalue weighted by atomic mass is 16.5. The quantitative estimate of drug-likeness (QED) is 0.757. The van der Waals surface area contributed by atoms with Crippen LogP contribution in [0.1, 0.15) is 16.7 Å². The van der Waals surface area contributed by atoms with Gasteiger partial charge in [0, 0.05) is 13.5 Å². The van der Waals surface area contributed by atoms with E-state index in [0.717, 1.165) is 6.42 Å². The number of benzene rings is 2. The van der Waals surface area contributed by atoms with Crippen LogP contribution in [-0.4, -0.2) is 13.7 Å². The van der Waals surface area contributed by atoms with Gasteiger partial charge >= 0.3 is 0 Å². The summed E-state index contributed by atoms with van der Waals surface area (Å²) in [7, 11) is 1.72. The van der Waals surface area contributed by atoms with Crippen molar-refractivity contribution < 1.29 is 4.74 Å². The molecule has 0 aromatic heterocycles. The molecule has 1 heteroatoms. The molecule has 0 bridgehead atoms. The molecule has 0 aliphatic rings. The zero-order valence-electron chi connectivity index (χ0n) is 10.1. The summed E-state index contributed by atoms with van der Waals surface area (Å²) in [5.41, 5.74) is 3.94. The molecule has 0 saturated heterocycles. The predicted octanol–water partition coefficient (Wildman–Crippen LogP) is 3.48. The van der Waals surface area contributed by atoms with Gasteiger partial charge in [-0.3, -0.25) is 0 Å². The van der Waals surface area contributed by atoms with Gasteiger partial charge in [0.15, 0.2) is 0 Å². The SMILES string of the molecule is COC[CH]c1ccccc1Cc1ccccc1. The molecule has 0 saturated carbocycles. The summed E-state index contributed by atoms with van der Waals surface area (Å²) in [6.07, 6.45) is 3.09. The monoisotopic (exact) mass is 225 g/mol. The highest BCUT2D eigenvalue weighted by Gasteiger charge is 2.02. The molecule has 0 fully saturated rings. The number of ether oxygens (including phenoxy) is 1. The summed E-state index contributed by atoms with van der Waals surface area (Å²) in [6.45, 7) is 0.659. The van der Waals surface area contributed by atoms with Gasteiger partial charge in [-0.05, 0) is 23.1 Å². The van der Waals surface area contributed by atoms with Crippen LogP contribution >= 0.6 is 0 Å². The van der Waals surface area contributed by atoms with Crippen LogP contribution in [0.3, 0.4) is 0 Å². The summed E-state index contributed by atoms with van der Waals surface area (Å²) in [5, 5.41) is 0. The van der Waals surface area contributed by atoms with E-state index in [-0.39, 0.29) is 0 Å². The average Bonchev–Trinajstić information content (AvgIpc) is 2.39. The Hall–Kier alpha value is -1.60. The summed E-state index contributed by atoms with van der Waals surface area (Å²) >= 11 is 0. The Labute approximate surface area is 103 Å². The summed E-state index contributed by atoms with van der Waals surface area (Å²) in [6, 6.07) is 19.0. The van der Waals surface area contributed by atoms with Gasteiger partial charge in [0.25, 0.3) is 0 Å². The van der Waals surface area contributed by atoms with Crippen LogP contribution < -0.4 is 0 Å². The molecule has 0 unspecified atom stereocenters. The Bertz CT molecular complexity index is 448. The van der Waals surface area contributed by atoms with Gasteiger partial charge in [-0.15, -0.1) is 0 Å². The van der Waals surface area contributed by atoms with E-state index in [2.05, 4.69) is 55.0 Å². The molecule has 0 spiro atoms. The first-order chi connectivity index (χ1) is 8.40. The third kappa shape index (κ3) is 3.43. The van der Waals surface area contributed by atoms with E-state index >= 15 is 0 Å². The van der Waals surface area contributed by atoms with Crippen LogP contribution in [0.25, 0.3) is 0 Å². The van der Waals surface area contributed by atoms with Gasteiger partial charge in [0.05, 0.1) is 6.61 Å². The van der Waals surface area contributed by atoms with Crippen molar-refractivity contribution in [3.8, 4) is 0 Å². The second-order valence-corrected chi connectivity index (χ2v) is 4.02. The Morgan fingerprint density at radius 2 is 1.65 bits per heavy atom. The van der Waals surface area contributed by atoms with Gasteiger partial charge in [-0.2, -0.15) is 0 Å². The first kappa shape index (κ1) is 11.9. The van der Waals surface area contributed by atoms with Gasteiger partial charge in [0.1, 0.15) is 0 Å². The number of hydrogen-bond donors (Lipinski definition) is 0. The van der Waals surface area contributed by atoms with E-state index in [1.807, 2.05) is 6.07 Å². The maximum atomic E-state index is 5.10. The molecular formula is C16H17O. The summed E-state index contributed by atoms with van der Waals surface area (Å²) in [5.74, 6) is 0. The van der Waals surface area contributed by atoms with Crippen LogP contribution in [0, 0.1) is 6.42 Å². The highest BCUT2D eigenvalue weighted by Crippen LogP contribution is 2.15. The maximum Gasteiger partial charge on any atom is 0.0537 e. The van der Waals surface area contributed by atoms with Crippen molar-refractivity contribution in [3.05, 3.63) is 77.7 Å². The Kier molecular flexibility index (Phi) is 4.34. The largest absolute Gasteiger partial charge is 0.384 e. The Morgan fingerprint density at radius 1 is 0.941 bits per heavy atom. The number of rotatable bonds is 5. The van der Waals surface area contributed by atoms with Crippen molar-refractivity contribution in [1.82, 2.24) is 0 Å². The molecule has 0 aliphatic heterocycles. The van der Waals surface area contributed by atoms with Crippen molar-refractivity contribution in [2.75, 3.05) is 13.7 Å². The molecule has 2 aromatic rings. The van der Waals surface area contributed by atoms with Crippen molar-refractivity contribution in [3.63, 3.8) is 0 Å². The van der Waals surface area contributed by atoms with E-state index in [1.54, 1.807) is 7.11 Å². The summed E-state index contributed by atoms with van der Waals surface area (Å²) < 4.78 is 5.10. The smallest absolute Gasteiger partial charge is 0.0537 e. The number of methoxy groups -OCH3 is 1. The van der Waals surface area contributed by atoms with Crippen LogP contribution in [0.4, 0.5) is 0 Å². The molecule has 17 heavy (non-hydrogen) atoms. The molecule has 0 aliphatic carbocycles. The van der Waals surface area contributed by atoms with Crippen LogP contribution in [0.15, 0.2) is 54.6 Å². The highest BCUT2D eigenvalue weighted by molar-refractivity contribution is 5.36. The van der Waals surface area contributed by atoms with Gasteiger partial charge < -0.3 is 4.74 Å². The second-order valence-electron chi connectivity index (χ2n) is 4.02. The minimum atomic E-state index is 0.659. The molecule has 0 N–H and O–H groups in total. The normalized spacial score (nSPS) is 10.4. The average molecular weight is 225 g/mol. The van der Waals surface area contributed by atoms with E-state index in [9.17, 15) is 0 Å². The molecular weight excluding hydrogens is 208 g/mol. The minimum Gasteiger partial charge on any atom is -0.384 e. The fourth-order valence-electron chi connectivity index (χ4n) is 1.88. The van der Waals surface area contributed by atoms with E-state index in [4.69, 9.17) is 4.74 Å². The third-order valence-corrected chi connectivity index (χ3v) is 2.76. The zero-order chi connectivity index (χ0) is 11.9. The second kappa shape index (κ2) is 6.21. The molecule has 2 aromatic carbocycles. The molecule has 87 valence electrons. The molecule has 0 heterocycles. The molecule has 1 nitrogen and oxygen atoms in total. The molecule has 2 rings (SSSR count). The van der Waals surface area contributed by atoms with E-state index in [0.29, 0.717) is 6.61 Å². The molecule has 0 amide bonds. The first-order valence-corrected chi connectivity index (χ1v) is 5.84. The Balaban J connectivity index is 2.15. The lowest BCUT2D eigenvalue weighted by molar-refractivity contribution is 0.225. The van der Waals surface area contributed by atoms with E-state index < -0.39 is 0 Å². The standard InChI is InChI=1S/C16H17O/c1-17-12-11-15-9-5-6-10-16(15)13-14-7-3-2-4-8-14/h2-11H,12-13H2,1H3. The lowest BCUT2D eigenvalue weighted by Crippen LogP contribution is -1.98. The Morgan fingerprint density at radius 3 is 2.41 bits per heavy atom. The third-order valence-electron chi connectivity index (χ3n) is 2.76. The lowest BCUT2D eigenvalue weighted by atomic mass is 9.98. The predicted molar refractivity (Wildman–Crippen MR) is 71.0 cm³/mol. The fourth-order valence-corrected chi connectivity index (χ4v) is 1.88. The van der Waals surface area contributed by atoms with Crippen molar-refractivity contribution in [1.29, 1.82) is 0 Å². The van der Waals surface area contributed by atoms with Crippen molar-refractivity contribution in [2.24, 2.45) is 0 Å². The van der Waals surface area contributed by atoms with Crippen molar-refractivity contribution >= 4 is 0 Å². The van der Waals surface area contributed by atoms with E-state index in [1.165, 1.54) is 16.7 Å². The van der Waals surface area contributed by atoms with Gasteiger partial charge in [0.2, 0.25) is 0 Å².